The maximum absolute atomic E-state index is 12.5. The van der Waals surface area contributed by atoms with Gasteiger partial charge in [0.05, 0.1) is 12.0 Å². The average molecular weight is 363 g/mol. The minimum absolute atomic E-state index is 0.0352. The number of allylic oxidation sites excluding steroid dienone is 1. The molecule has 0 saturated heterocycles. The van der Waals surface area contributed by atoms with E-state index in [1.807, 2.05) is 0 Å². The third-order valence-corrected chi connectivity index (χ3v) is 4.84. The van der Waals surface area contributed by atoms with Crippen LogP contribution in [-0.2, 0) is 16.5 Å². The molecule has 0 saturated carbocycles. The van der Waals surface area contributed by atoms with E-state index in [0.717, 1.165) is 17.7 Å². The summed E-state index contributed by atoms with van der Waals surface area (Å²) in [5.74, 6) is 0.301. The van der Waals surface area contributed by atoms with E-state index in [1.165, 1.54) is 26.2 Å². The molecule has 0 unspecified atom stereocenters. The highest BCUT2D eigenvalue weighted by atomic mass is 32.2. The van der Waals surface area contributed by atoms with Gasteiger partial charge in [-0.2, -0.15) is 8.42 Å². The van der Waals surface area contributed by atoms with Crippen LogP contribution in [0.1, 0.15) is 11.1 Å². The summed E-state index contributed by atoms with van der Waals surface area (Å²) in [5, 5.41) is 10.8. The van der Waals surface area contributed by atoms with Crippen LogP contribution in [0.2, 0.25) is 0 Å². The van der Waals surface area contributed by atoms with Crippen LogP contribution in [0.5, 0.6) is 11.5 Å². The number of benzene rings is 2. The fourth-order valence-electron chi connectivity index (χ4n) is 2.27. The minimum Gasteiger partial charge on any atom is -0.493 e. The number of ether oxygens (including phenoxy) is 1. The molecule has 0 bridgehead atoms. The molecule has 2 aromatic carbocycles. The normalized spacial score (nSPS) is 11.0. The molecule has 25 heavy (non-hydrogen) atoms. The Bertz CT molecular complexity index is 921. The van der Waals surface area contributed by atoms with E-state index in [2.05, 4.69) is 6.58 Å². The largest absolute Gasteiger partial charge is 0.493 e. The Labute approximate surface area is 145 Å². The van der Waals surface area contributed by atoms with Crippen LogP contribution in [0.4, 0.5) is 5.69 Å². The zero-order chi connectivity index (χ0) is 18.6. The molecule has 0 N–H and O–H groups in total. The second-order valence-electron chi connectivity index (χ2n) is 5.22. The van der Waals surface area contributed by atoms with Crippen molar-refractivity contribution in [1.29, 1.82) is 0 Å². The van der Waals surface area contributed by atoms with Gasteiger partial charge in [0.25, 0.3) is 5.69 Å². The highest BCUT2D eigenvalue weighted by Crippen LogP contribution is 2.32. The highest BCUT2D eigenvalue weighted by Gasteiger charge is 2.23. The summed E-state index contributed by atoms with van der Waals surface area (Å²) < 4.78 is 35.4. The summed E-state index contributed by atoms with van der Waals surface area (Å²) in [6, 6.07) is 8.32. The van der Waals surface area contributed by atoms with Crippen molar-refractivity contribution in [2.45, 2.75) is 18.2 Å². The van der Waals surface area contributed by atoms with Crippen molar-refractivity contribution in [3.63, 3.8) is 0 Å². The zero-order valence-electron chi connectivity index (χ0n) is 13.8. The molecule has 7 nitrogen and oxygen atoms in total. The van der Waals surface area contributed by atoms with E-state index in [4.69, 9.17) is 8.92 Å². The van der Waals surface area contributed by atoms with Gasteiger partial charge in [0.15, 0.2) is 11.5 Å². The van der Waals surface area contributed by atoms with Gasteiger partial charge < -0.3 is 8.92 Å². The molecule has 132 valence electrons. The number of aryl methyl sites for hydroxylation is 1. The first-order valence-electron chi connectivity index (χ1n) is 7.26. The topological polar surface area (TPSA) is 95.7 Å². The molecule has 0 amide bonds. The first-order valence-corrected chi connectivity index (χ1v) is 8.66. The SMILES string of the molecule is C=CCc1ccc(OS(=O)(=O)c2ccc([N+](=O)[O-])cc2C)c(OC)c1. The standard InChI is InChI=1S/C17H17NO6S/c1-4-5-13-6-8-15(16(11-13)23-3)24-25(21,22)17-9-7-14(18(19)20)10-12(17)2/h4,6-11H,1,5H2,2-3H3. The van der Waals surface area contributed by atoms with E-state index in [1.54, 1.807) is 18.2 Å². The fourth-order valence-corrected chi connectivity index (χ4v) is 3.42. The van der Waals surface area contributed by atoms with Crippen molar-refractivity contribution >= 4 is 15.8 Å². The molecular formula is C17H17NO6S. The number of nitro benzene ring substituents is 1. The Morgan fingerprint density at radius 2 is 1.92 bits per heavy atom. The highest BCUT2D eigenvalue weighted by molar-refractivity contribution is 7.87. The van der Waals surface area contributed by atoms with Crippen molar-refractivity contribution in [3.05, 3.63) is 70.3 Å². The number of methoxy groups -OCH3 is 1. The second kappa shape index (κ2) is 7.35. The molecule has 0 heterocycles. The lowest BCUT2D eigenvalue weighted by molar-refractivity contribution is -0.385. The van der Waals surface area contributed by atoms with E-state index in [9.17, 15) is 18.5 Å². The summed E-state index contributed by atoms with van der Waals surface area (Å²) in [6.45, 7) is 5.11. The molecule has 0 aromatic heterocycles. The first-order chi connectivity index (χ1) is 11.8. The summed E-state index contributed by atoms with van der Waals surface area (Å²) in [5.41, 5.74) is 0.919. The van der Waals surface area contributed by atoms with Crippen molar-refractivity contribution in [1.82, 2.24) is 0 Å². The van der Waals surface area contributed by atoms with Crippen LogP contribution in [0.3, 0.4) is 0 Å². The van der Waals surface area contributed by atoms with E-state index in [-0.39, 0.29) is 27.6 Å². The number of nitro groups is 1. The second-order valence-corrected chi connectivity index (χ2v) is 6.74. The Kier molecular flexibility index (Phi) is 5.43. The van der Waals surface area contributed by atoms with Gasteiger partial charge in [0.1, 0.15) is 4.90 Å². The van der Waals surface area contributed by atoms with Gasteiger partial charge in [-0.25, -0.2) is 0 Å². The lowest BCUT2D eigenvalue weighted by Crippen LogP contribution is -2.12. The maximum Gasteiger partial charge on any atom is 0.339 e. The van der Waals surface area contributed by atoms with Crippen molar-refractivity contribution in [2.75, 3.05) is 7.11 Å². The maximum atomic E-state index is 12.5. The van der Waals surface area contributed by atoms with Crippen LogP contribution < -0.4 is 8.92 Å². The number of hydrogen-bond donors (Lipinski definition) is 0. The molecule has 0 fully saturated rings. The number of hydrogen-bond acceptors (Lipinski definition) is 6. The molecule has 8 heteroatoms. The average Bonchev–Trinajstić information content (AvgIpc) is 2.55. The smallest absolute Gasteiger partial charge is 0.339 e. The summed E-state index contributed by atoms with van der Waals surface area (Å²) in [6.07, 6.45) is 2.32. The number of nitrogens with zero attached hydrogens (tertiary/aromatic N) is 1. The Morgan fingerprint density at radius 3 is 2.48 bits per heavy atom. The molecule has 2 aromatic rings. The number of rotatable bonds is 7. The predicted molar refractivity (Wildman–Crippen MR) is 92.5 cm³/mol. The zero-order valence-corrected chi connectivity index (χ0v) is 14.6. The van der Waals surface area contributed by atoms with E-state index in [0.29, 0.717) is 6.42 Å². The quantitative estimate of drug-likeness (QED) is 0.324. The summed E-state index contributed by atoms with van der Waals surface area (Å²) in [7, 11) is -2.76. The molecular weight excluding hydrogens is 346 g/mol. The van der Waals surface area contributed by atoms with Crippen LogP contribution in [0.15, 0.2) is 53.9 Å². The van der Waals surface area contributed by atoms with Crippen molar-refractivity contribution in [3.8, 4) is 11.5 Å². The lowest BCUT2D eigenvalue weighted by Gasteiger charge is -2.13. The van der Waals surface area contributed by atoms with Gasteiger partial charge in [-0.3, -0.25) is 10.1 Å². The molecule has 0 spiro atoms. The van der Waals surface area contributed by atoms with Crippen LogP contribution in [0.25, 0.3) is 0 Å². The molecule has 0 radical (unpaired) electrons. The Morgan fingerprint density at radius 1 is 1.20 bits per heavy atom. The van der Waals surface area contributed by atoms with Gasteiger partial charge in [0.2, 0.25) is 0 Å². The molecule has 0 atom stereocenters. The minimum atomic E-state index is -4.17. The van der Waals surface area contributed by atoms with E-state index >= 15 is 0 Å². The van der Waals surface area contributed by atoms with Gasteiger partial charge in [0, 0.05) is 12.1 Å². The first kappa shape index (κ1) is 18.5. The third kappa shape index (κ3) is 4.16. The van der Waals surface area contributed by atoms with Crippen LogP contribution in [0, 0.1) is 17.0 Å². The van der Waals surface area contributed by atoms with Crippen molar-refractivity contribution < 1.29 is 22.3 Å². The lowest BCUT2D eigenvalue weighted by atomic mass is 10.1. The predicted octanol–water partition coefficient (Wildman–Crippen LogP) is 3.41. The van der Waals surface area contributed by atoms with Gasteiger partial charge >= 0.3 is 10.1 Å². The number of non-ortho nitro benzene ring substituents is 1. The summed E-state index contributed by atoms with van der Waals surface area (Å²) >= 11 is 0. The fraction of sp³-hybridized carbons (Fsp3) is 0.176. The Balaban J connectivity index is 2.39. The van der Waals surface area contributed by atoms with Crippen LogP contribution >= 0.6 is 0 Å². The monoisotopic (exact) mass is 363 g/mol. The third-order valence-electron chi connectivity index (χ3n) is 3.45. The molecule has 2 rings (SSSR count). The summed E-state index contributed by atoms with van der Waals surface area (Å²) in [4.78, 5) is 10.0. The van der Waals surface area contributed by atoms with Crippen molar-refractivity contribution in [2.24, 2.45) is 0 Å². The van der Waals surface area contributed by atoms with Gasteiger partial charge in [-0.15, -0.1) is 6.58 Å². The molecule has 0 aliphatic rings. The van der Waals surface area contributed by atoms with Crippen LogP contribution in [-0.4, -0.2) is 20.5 Å². The molecule has 0 aliphatic carbocycles. The Hall–Kier alpha value is -2.87. The van der Waals surface area contributed by atoms with E-state index < -0.39 is 15.0 Å². The van der Waals surface area contributed by atoms with Gasteiger partial charge in [-0.1, -0.05) is 12.1 Å². The van der Waals surface area contributed by atoms with Gasteiger partial charge in [-0.05, 0) is 42.7 Å². The molecule has 0 aliphatic heterocycles.